The molecule has 1 amide bonds. The van der Waals surface area contributed by atoms with Crippen LogP contribution in [0.5, 0.6) is 5.75 Å². The highest BCUT2D eigenvalue weighted by Crippen LogP contribution is 2.47. The Balaban J connectivity index is 1.88. The Morgan fingerprint density at radius 3 is 2.48 bits per heavy atom. The summed E-state index contributed by atoms with van der Waals surface area (Å²) in [5.41, 5.74) is -0.540. The van der Waals surface area contributed by atoms with Crippen LogP contribution in [0.25, 0.3) is 0 Å². The third-order valence-electron chi connectivity index (χ3n) is 5.85. The van der Waals surface area contributed by atoms with Crippen molar-refractivity contribution in [3.05, 3.63) is 63.6 Å². The Labute approximate surface area is 177 Å². The number of benzene rings is 1. The van der Waals surface area contributed by atoms with E-state index in [1.54, 1.807) is 31.2 Å². The number of alkyl halides is 2. The molecule has 1 aliphatic heterocycles. The van der Waals surface area contributed by atoms with Crippen molar-refractivity contribution in [2.75, 3.05) is 13.7 Å². The summed E-state index contributed by atoms with van der Waals surface area (Å²) in [6.45, 7) is 1.88. The van der Waals surface area contributed by atoms with E-state index in [1.807, 2.05) is 6.07 Å². The van der Waals surface area contributed by atoms with Gasteiger partial charge in [-0.25, -0.2) is 13.6 Å². The number of hydrogen-bond acceptors (Lipinski definition) is 5. The number of likely N-dealkylation sites (N-methyl/N-ethyl adjacent to an activating group) is 1. The molecule has 1 aliphatic carbocycles. The minimum Gasteiger partial charge on any atom is -0.483 e. The summed E-state index contributed by atoms with van der Waals surface area (Å²) in [4.78, 5) is 39.9. The van der Waals surface area contributed by atoms with Gasteiger partial charge < -0.3 is 18.9 Å². The molecule has 7 nitrogen and oxygen atoms in total. The fourth-order valence-corrected chi connectivity index (χ4v) is 4.43. The van der Waals surface area contributed by atoms with E-state index in [-0.39, 0.29) is 30.2 Å². The summed E-state index contributed by atoms with van der Waals surface area (Å²) < 4.78 is 40.4. The summed E-state index contributed by atoms with van der Waals surface area (Å²) in [6.07, 6.45) is 0.176. The van der Waals surface area contributed by atoms with Crippen LogP contribution in [-0.4, -0.2) is 47.0 Å². The maximum Gasteiger partial charge on any atom is 0.343 e. The number of nitrogens with zero attached hydrogens (tertiary/aromatic N) is 2. The van der Waals surface area contributed by atoms with E-state index < -0.39 is 48.2 Å². The highest BCUT2D eigenvalue weighted by atomic mass is 19.3. The Morgan fingerprint density at radius 2 is 1.84 bits per heavy atom. The maximum absolute atomic E-state index is 14.3. The zero-order valence-corrected chi connectivity index (χ0v) is 17.1. The van der Waals surface area contributed by atoms with Crippen molar-refractivity contribution in [1.82, 2.24) is 9.47 Å². The summed E-state index contributed by atoms with van der Waals surface area (Å²) in [5.74, 6) is -4.79. The quantitative estimate of drug-likeness (QED) is 0.679. The largest absolute Gasteiger partial charge is 0.483 e. The van der Waals surface area contributed by atoms with Crippen LogP contribution in [0.15, 0.2) is 41.3 Å². The van der Waals surface area contributed by atoms with Gasteiger partial charge in [0.15, 0.2) is 11.4 Å². The highest BCUT2D eigenvalue weighted by molar-refractivity contribution is 5.98. The average Bonchev–Trinajstić information content (AvgIpc) is 3.08. The summed E-state index contributed by atoms with van der Waals surface area (Å²) in [5, 5.41) is 0. The number of esters is 1. The number of ether oxygens (including phenoxy) is 2. The second-order valence-corrected chi connectivity index (χ2v) is 7.71. The van der Waals surface area contributed by atoms with Crippen molar-refractivity contribution in [1.29, 1.82) is 0 Å². The van der Waals surface area contributed by atoms with Gasteiger partial charge in [0.05, 0.1) is 19.2 Å². The molecule has 164 valence electrons. The molecule has 0 N–H and O–H groups in total. The van der Waals surface area contributed by atoms with Crippen LogP contribution in [0.4, 0.5) is 8.78 Å². The number of pyridine rings is 1. The standard InChI is InChI=1S/C22H22F2N2O5/c1-3-25-15-9-22(23,24)10-16(15)26-11-14(21(29)30-2)18(27)19(17(26)20(25)28)31-12-13-7-5-4-6-8-13/h4-8,11,15-16H,3,9-10,12H2,1-2H3. The van der Waals surface area contributed by atoms with Crippen LogP contribution in [0.1, 0.15) is 52.2 Å². The van der Waals surface area contributed by atoms with Gasteiger partial charge in [-0.1, -0.05) is 30.3 Å². The van der Waals surface area contributed by atoms with Crippen LogP contribution in [0.2, 0.25) is 0 Å². The third kappa shape index (κ3) is 3.58. The van der Waals surface area contributed by atoms with Crippen LogP contribution < -0.4 is 10.2 Å². The lowest BCUT2D eigenvalue weighted by molar-refractivity contribution is 0.00126. The van der Waals surface area contributed by atoms with Crippen molar-refractivity contribution >= 4 is 11.9 Å². The highest BCUT2D eigenvalue weighted by Gasteiger charge is 2.54. The number of carbonyl (C=O) groups is 2. The predicted octanol–water partition coefficient (Wildman–Crippen LogP) is 3.03. The van der Waals surface area contributed by atoms with Gasteiger partial charge in [0, 0.05) is 25.6 Å². The van der Waals surface area contributed by atoms with Gasteiger partial charge in [0.2, 0.25) is 5.43 Å². The lowest BCUT2D eigenvalue weighted by atomic mass is 10.0. The molecule has 9 heteroatoms. The van der Waals surface area contributed by atoms with Crippen molar-refractivity contribution < 1.29 is 27.8 Å². The lowest BCUT2D eigenvalue weighted by Gasteiger charge is -2.39. The summed E-state index contributed by atoms with van der Waals surface area (Å²) in [7, 11) is 1.12. The maximum atomic E-state index is 14.3. The Morgan fingerprint density at radius 1 is 1.16 bits per heavy atom. The number of hydrogen-bond donors (Lipinski definition) is 0. The molecule has 31 heavy (non-hydrogen) atoms. The molecule has 1 fully saturated rings. The van der Waals surface area contributed by atoms with Crippen LogP contribution in [0, 0.1) is 0 Å². The summed E-state index contributed by atoms with van der Waals surface area (Å²) >= 11 is 0. The second-order valence-electron chi connectivity index (χ2n) is 7.71. The molecule has 2 heterocycles. The SMILES string of the molecule is CCN1C(=O)c2c(OCc3ccccc3)c(=O)c(C(=O)OC)cn2C2CC(F)(F)CC21. The number of halogens is 2. The third-order valence-corrected chi connectivity index (χ3v) is 5.85. The van der Waals surface area contributed by atoms with E-state index in [1.165, 1.54) is 9.47 Å². The van der Waals surface area contributed by atoms with Crippen LogP contribution in [-0.2, 0) is 11.3 Å². The van der Waals surface area contributed by atoms with Crippen LogP contribution >= 0.6 is 0 Å². The monoisotopic (exact) mass is 432 g/mol. The zero-order valence-electron chi connectivity index (χ0n) is 17.1. The molecule has 2 aromatic rings. The number of rotatable bonds is 5. The molecule has 0 saturated heterocycles. The number of aromatic nitrogens is 1. The molecule has 0 radical (unpaired) electrons. The average molecular weight is 432 g/mol. The Bertz CT molecular complexity index is 1080. The van der Waals surface area contributed by atoms with Gasteiger partial charge >= 0.3 is 5.97 Å². The van der Waals surface area contributed by atoms with E-state index in [0.717, 1.165) is 18.9 Å². The van der Waals surface area contributed by atoms with Gasteiger partial charge in [-0.15, -0.1) is 0 Å². The summed E-state index contributed by atoms with van der Waals surface area (Å²) in [6, 6.07) is 7.44. The Kier molecular flexibility index (Phi) is 5.28. The molecular weight excluding hydrogens is 410 g/mol. The predicted molar refractivity (Wildman–Crippen MR) is 107 cm³/mol. The fraction of sp³-hybridized carbons (Fsp3) is 0.409. The molecule has 2 aliphatic rings. The van der Waals surface area contributed by atoms with Crippen LogP contribution in [0.3, 0.4) is 0 Å². The minimum atomic E-state index is -2.97. The van der Waals surface area contributed by atoms with Gasteiger partial charge in [-0.3, -0.25) is 9.59 Å². The van der Waals surface area contributed by atoms with E-state index >= 15 is 0 Å². The number of methoxy groups -OCH3 is 1. The molecule has 0 spiro atoms. The fourth-order valence-electron chi connectivity index (χ4n) is 4.43. The second kappa shape index (κ2) is 7.79. The van der Waals surface area contributed by atoms with Gasteiger partial charge in [-0.05, 0) is 12.5 Å². The number of amides is 1. The molecule has 2 unspecified atom stereocenters. The first kappa shape index (κ1) is 21.0. The van der Waals surface area contributed by atoms with Crippen molar-refractivity contribution in [2.24, 2.45) is 0 Å². The molecule has 1 aromatic heterocycles. The van der Waals surface area contributed by atoms with E-state index in [9.17, 15) is 23.2 Å². The molecule has 2 atom stereocenters. The van der Waals surface area contributed by atoms with Crippen molar-refractivity contribution in [2.45, 2.75) is 44.4 Å². The molecular formula is C22H22F2N2O5. The molecule has 4 rings (SSSR count). The molecule has 1 aromatic carbocycles. The zero-order chi connectivity index (χ0) is 22.3. The van der Waals surface area contributed by atoms with E-state index in [2.05, 4.69) is 0 Å². The van der Waals surface area contributed by atoms with Gasteiger partial charge in [0.1, 0.15) is 12.2 Å². The minimum absolute atomic E-state index is 0.0304. The molecule has 1 saturated carbocycles. The van der Waals surface area contributed by atoms with E-state index in [0.29, 0.717) is 0 Å². The first-order chi connectivity index (χ1) is 14.8. The van der Waals surface area contributed by atoms with Gasteiger partial charge in [0.25, 0.3) is 11.8 Å². The van der Waals surface area contributed by atoms with Crippen molar-refractivity contribution in [3.63, 3.8) is 0 Å². The lowest BCUT2D eigenvalue weighted by Crippen LogP contribution is -2.50. The van der Waals surface area contributed by atoms with E-state index in [4.69, 9.17) is 9.47 Å². The van der Waals surface area contributed by atoms with Crippen molar-refractivity contribution in [3.8, 4) is 5.75 Å². The Hall–Kier alpha value is -3.23. The normalized spacial score (nSPS) is 21.4. The van der Waals surface area contributed by atoms with Gasteiger partial charge in [-0.2, -0.15) is 0 Å². The number of carbonyl (C=O) groups excluding carboxylic acids is 2. The first-order valence-corrected chi connectivity index (χ1v) is 10.0. The number of fused-ring (bicyclic) bond motifs is 3. The first-order valence-electron chi connectivity index (χ1n) is 10.0. The topological polar surface area (TPSA) is 77.8 Å². The smallest absolute Gasteiger partial charge is 0.343 e. The molecule has 0 bridgehead atoms.